The lowest BCUT2D eigenvalue weighted by Gasteiger charge is -2.12. The maximum atomic E-state index is 12.5. The van der Waals surface area contributed by atoms with Crippen LogP contribution < -0.4 is 11.0 Å². The van der Waals surface area contributed by atoms with E-state index in [-0.39, 0.29) is 24.3 Å². The lowest BCUT2D eigenvalue weighted by molar-refractivity contribution is -0.385. The first-order valence-electron chi connectivity index (χ1n) is 8.20. The third kappa shape index (κ3) is 5.02. The molecule has 0 bridgehead atoms. The Balaban J connectivity index is 2.15. The lowest BCUT2D eigenvalue weighted by Crippen LogP contribution is -2.33. The average Bonchev–Trinajstić information content (AvgIpc) is 2.66. The Hall–Kier alpha value is -4.04. The third-order valence-electron chi connectivity index (χ3n) is 3.90. The van der Waals surface area contributed by atoms with Crippen molar-refractivity contribution in [1.82, 2.24) is 9.99 Å². The highest BCUT2D eigenvalue weighted by Crippen LogP contribution is 2.25. The van der Waals surface area contributed by atoms with Gasteiger partial charge >= 0.3 is 5.69 Å². The maximum absolute atomic E-state index is 12.5. The van der Waals surface area contributed by atoms with Gasteiger partial charge in [0.05, 0.1) is 17.7 Å². The number of amides is 1. The summed E-state index contributed by atoms with van der Waals surface area (Å²) in [4.78, 5) is 34.6. The summed E-state index contributed by atoms with van der Waals surface area (Å²) in [6.45, 7) is 1.34. The fourth-order valence-electron chi connectivity index (χ4n) is 2.54. The Kier molecular flexibility index (Phi) is 6.78. The zero-order valence-corrected chi connectivity index (χ0v) is 15.6. The van der Waals surface area contributed by atoms with Crippen LogP contribution in [0.3, 0.4) is 0 Å². The van der Waals surface area contributed by atoms with Crippen molar-refractivity contribution >= 4 is 17.8 Å². The van der Waals surface area contributed by atoms with Gasteiger partial charge in [0.2, 0.25) is 0 Å². The van der Waals surface area contributed by atoms with E-state index in [9.17, 15) is 30.1 Å². The Morgan fingerprint density at radius 2 is 2.21 bits per heavy atom. The number of benzene rings is 1. The molecule has 0 saturated carbocycles. The fraction of sp³-hybridized carbons (Fsp3) is 0.222. The Morgan fingerprint density at radius 1 is 1.48 bits per heavy atom. The van der Waals surface area contributed by atoms with Gasteiger partial charge < -0.3 is 14.4 Å². The van der Waals surface area contributed by atoms with E-state index in [1.807, 2.05) is 6.07 Å². The third-order valence-corrected chi connectivity index (χ3v) is 3.90. The van der Waals surface area contributed by atoms with Gasteiger partial charge in [-0.1, -0.05) is 0 Å². The smallest absolute Gasteiger partial charge is 0.311 e. The summed E-state index contributed by atoms with van der Waals surface area (Å²) in [5.74, 6) is -1.13. The van der Waals surface area contributed by atoms with Crippen LogP contribution in [0, 0.1) is 28.4 Å². The van der Waals surface area contributed by atoms with Crippen molar-refractivity contribution in [3.05, 3.63) is 67.1 Å². The van der Waals surface area contributed by atoms with E-state index in [0.29, 0.717) is 11.3 Å². The van der Waals surface area contributed by atoms with Gasteiger partial charge in [0.1, 0.15) is 18.2 Å². The van der Waals surface area contributed by atoms with Crippen LogP contribution in [0.1, 0.15) is 22.4 Å². The number of aromatic nitrogens is 1. The molecule has 0 aliphatic heterocycles. The van der Waals surface area contributed by atoms with Crippen LogP contribution in [-0.4, -0.2) is 33.8 Å². The van der Waals surface area contributed by atoms with Crippen LogP contribution in [-0.2, 0) is 22.7 Å². The Bertz CT molecular complexity index is 1080. The molecular formula is C18H17N5O6. The first kappa shape index (κ1) is 21.3. The highest BCUT2D eigenvalue weighted by Gasteiger charge is 2.15. The summed E-state index contributed by atoms with van der Waals surface area (Å²) in [6, 6.07) is 7.02. The number of rotatable bonds is 7. The second-order valence-electron chi connectivity index (χ2n) is 5.92. The standard InChI is InChI=1S/C18H17N5O6/c1-11-5-13(10-29-2)14(7-19)18(26)22(11)9-17(25)21-20-8-12-3-4-16(24)15(6-12)23(27)28/h3-6,8,24H,9-10H2,1-2H3,(H,21,25)/b20-8-. The van der Waals surface area contributed by atoms with Crippen LogP contribution in [0.4, 0.5) is 5.69 Å². The van der Waals surface area contributed by atoms with Gasteiger partial charge in [0.25, 0.3) is 11.5 Å². The van der Waals surface area contributed by atoms with Crippen molar-refractivity contribution < 1.29 is 19.6 Å². The number of carbonyl (C=O) groups excluding carboxylic acids is 1. The number of nitrogens with zero attached hydrogens (tertiary/aromatic N) is 4. The summed E-state index contributed by atoms with van der Waals surface area (Å²) >= 11 is 0. The van der Waals surface area contributed by atoms with Gasteiger partial charge in [-0.15, -0.1) is 0 Å². The summed E-state index contributed by atoms with van der Waals surface area (Å²) in [6.07, 6.45) is 1.16. The molecule has 0 fully saturated rings. The maximum Gasteiger partial charge on any atom is 0.311 e. The van der Waals surface area contributed by atoms with Crippen LogP contribution in [0.25, 0.3) is 0 Å². The van der Waals surface area contributed by atoms with Crippen molar-refractivity contribution in [2.75, 3.05) is 7.11 Å². The average molecular weight is 399 g/mol. The molecule has 1 heterocycles. The number of phenolic OH excluding ortho intramolecular Hbond substituents is 1. The first-order chi connectivity index (χ1) is 13.8. The zero-order chi connectivity index (χ0) is 21.6. The molecule has 2 aromatic rings. The molecule has 1 aromatic heterocycles. The predicted octanol–water partition coefficient (Wildman–Crippen LogP) is 0.939. The molecule has 0 atom stereocenters. The number of nitriles is 1. The minimum Gasteiger partial charge on any atom is -0.502 e. The van der Waals surface area contributed by atoms with Gasteiger partial charge in [-0.25, -0.2) is 5.43 Å². The second kappa shape index (κ2) is 9.25. The summed E-state index contributed by atoms with van der Waals surface area (Å²) < 4.78 is 6.10. The number of aromatic hydroxyl groups is 1. The van der Waals surface area contributed by atoms with E-state index >= 15 is 0 Å². The SMILES string of the molecule is COCc1cc(C)n(CC(=O)N/N=C\c2ccc(O)c([N+](=O)[O-])c2)c(=O)c1C#N. The van der Waals surface area contributed by atoms with E-state index in [0.717, 1.165) is 22.9 Å². The van der Waals surface area contributed by atoms with Crippen LogP contribution in [0.5, 0.6) is 5.75 Å². The van der Waals surface area contributed by atoms with Gasteiger partial charge in [-0.2, -0.15) is 10.4 Å². The number of ether oxygens (including phenoxy) is 1. The molecular weight excluding hydrogens is 382 g/mol. The minimum absolute atomic E-state index is 0.0923. The summed E-state index contributed by atoms with van der Waals surface area (Å²) in [5, 5.41) is 33.1. The molecule has 0 spiro atoms. The monoisotopic (exact) mass is 399 g/mol. The number of aryl methyl sites for hydroxylation is 1. The molecule has 0 saturated heterocycles. The molecule has 29 heavy (non-hydrogen) atoms. The highest BCUT2D eigenvalue weighted by molar-refractivity contribution is 5.83. The number of nitrogens with one attached hydrogen (secondary N) is 1. The first-order valence-corrected chi connectivity index (χ1v) is 8.20. The number of phenols is 1. The molecule has 0 aliphatic carbocycles. The predicted molar refractivity (Wildman–Crippen MR) is 101 cm³/mol. The van der Waals surface area contributed by atoms with Crippen LogP contribution in [0.2, 0.25) is 0 Å². The van der Waals surface area contributed by atoms with E-state index in [1.54, 1.807) is 13.0 Å². The summed E-state index contributed by atoms with van der Waals surface area (Å²) in [7, 11) is 1.44. The number of hydrogen-bond donors (Lipinski definition) is 2. The van der Waals surface area contributed by atoms with Crippen LogP contribution in [0.15, 0.2) is 34.2 Å². The molecule has 11 heteroatoms. The van der Waals surface area contributed by atoms with Crippen molar-refractivity contribution in [2.24, 2.45) is 5.10 Å². The number of hydrazone groups is 1. The normalized spacial score (nSPS) is 10.7. The molecule has 0 unspecified atom stereocenters. The van der Waals surface area contributed by atoms with E-state index in [2.05, 4.69) is 10.5 Å². The van der Waals surface area contributed by atoms with Gasteiger partial charge in [-0.3, -0.25) is 19.7 Å². The molecule has 0 aliphatic rings. The molecule has 1 aromatic carbocycles. The van der Waals surface area contributed by atoms with Gasteiger partial charge in [0, 0.05) is 30.0 Å². The Morgan fingerprint density at radius 3 is 2.83 bits per heavy atom. The van der Waals surface area contributed by atoms with Crippen LogP contribution >= 0.6 is 0 Å². The van der Waals surface area contributed by atoms with Crippen molar-refractivity contribution in [3.63, 3.8) is 0 Å². The van der Waals surface area contributed by atoms with Crippen molar-refractivity contribution in [2.45, 2.75) is 20.1 Å². The Labute approximate surface area is 164 Å². The quantitative estimate of drug-likeness (QED) is 0.398. The fourth-order valence-corrected chi connectivity index (χ4v) is 2.54. The van der Waals surface area contributed by atoms with Crippen molar-refractivity contribution in [1.29, 1.82) is 5.26 Å². The molecule has 0 radical (unpaired) electrons. The van der Waals surface area contributed by atoms with Gasteiger partial charge in [0.15, 0.2) is 5.75 Å². The summed E-state index contributed by atoms with van der Waals surface area (Å²) in [5.41, 5.74) is 2.16. The topological polar surface area (TPSA) is 160 Å². The number of pyridine rings is 1. The second-order valence-corrected chi connectivity index (χ2v) is 5.92. The number of nitro groups is 1. The molecule has 2 N–H and O–H groups in total. The lowest BCUT2D eigenvalue weighted by atomic mass is 10.1. The molecule has 1 amide bonds. The van der Waals surface area contributed by atoms with E-state index in [1.165, 1.54) is 13.2 Å². The minimum atomic E-state index is -0.750. The van der Waals surface area contributed by atoms with E-state index in [4.69, 9.17) is 4.74 Å². The largest absolute Gasteiger partial charge is 0.502 e. The molecule has 11 nitrogen and oxygen atoms in total. The van der Waals surface area contributed by atoms with E-state index < -0.39 is 27.8 Å². The van der Waals surface area contributed by atoms with Gasteiger partial charge in [-0.05, 0) is 25.1 Å². The molecule has 150 valence electrons. The number of carbonyl (C=O) groups is 1. The van der Waals surface area contributed by atoms with Crippen molar-refractivity contribution in [3.8, 4) is 11.8 Å². The highest BCUT2D eigenvalue weighted by atomic mass is 16.6. The number of methoxy groups -OCH3 is 1. The number of nitro benzene ring substituents is 1. The molecule has 2 rings (SSSR count). The number of hydrogen-bond acceptors (Lipinski definition) is 8. The zero-order valence-electron chi connectivity index (χ0n) is 15.6.